The van der Waals surface area contributed by atoms with Gasteiger partial charge >= 0.3 is 12.1 Å². The van der Waals surface area contributed by atoms with E-state index in [0.717, 1.165) is 11.5 Å². The van der Waals surface area contributed by atoms with Crippen molar-refractivity contribution in [2.45, 2.75) is 25.9 Å². The molecule has 25 heavy (non-hydrogen) atoms. The van der Waals surface area contributed by atoms with E-state index in [0.29, 0.717) is 30.8 Å². The number of ether oxygens (including phenoxy) is 1. The van der Waals surface area contributed by atoms with E-state index in [4.69, 9.17) is 9.26 Å². The van der Waals surface area contributed by atoms with Crippen LogP contribution in [0.15, 0.2) is 39.4 Å². The van der Waals surface area contributed by atoms with Gasteiger partial charge in [0, 0.05) is 18.1 Å². The van der Waals surface area contributed by atoms with Crippen molar-refractivity contribution in [3.8, 4) is 17.1 Å². The van der Waals surface area contributed by atoms with Gasteiger partial charge in [-0.2, -0.15) is 18.2 Å². The summed E-state index contributed by atoms with van der Waals surface area (Å²) in [6, 6.07) is 8.34. The molecule has 0 saturated heterocycles. The molecule has 0 N–H and O–H groups in total. The van der Waals surface area contributed by atoms with Gasteiger partial charge in [-0.05, 0) is 25.5 Å². The van der Waals surface area contributed by atoms with Crippen molar-refractivity contribution >= 4 is 0 Å². The van der Waals surface area contributed by atoms with Crippen LogP contribution < -0.4 is 4.74 Å². The molecule has 132 valence electrons. The summed E-state index contributed by atoms with van der Waals surface area (Å²) < 4.78 is 52.5. The van der Waals surface area contributed by atoms with Gasteiger partial charge in [0.1, 0.15) is 11.5 Å². The second-order valence-corrected chi connectivity index (χ2v) is 5.34. The van der Waals surface area contributed by atoms with E-state index < -0.39 is 12.1 Å². The van der Waals surface area contributed by atoms with Crippen molar-refractivity contribution < 1.29 is 27.0 Å². The van der Waals surface area contributed by atoms with E-state index in [1.807, 2.05) is 13.0 Å². The molecule has 0 amide bonds. The Kier molecular flexibility index (Phi) is 4.73. The third kappa shape index (κ3) is 4.37. The molecule has 0 spiro atoms. The number of aromatic nitrogens is 3. The van der Waals surface area contributed by atoms with Gasteiger partial charge in [0.25, 0.3) is 0 Å². The molecule has 0 unspecified atom stereocenters. The maximum absolute atomic E-state index is 12.5. The summed E-state index contributed by atoms with van der Waals surface area (Å²) in [5.41, 5.74) is 1.20. The molecule has 2 aromatic heterocycles. The number of alkyl halides is 3. The SMILES string of the molecule is Cc1cc(CCCOc2cccc(-c3noc(C(F)(F)F)n3)c2)on1. The smallest absolute Gasteiger partial charge is 0.471 e. The van der Waals surface area contributed by atoms with Crippen LogP contribution in [0.5, 0.6) is 5.75 Å². The molecule has 2 heterocycles. The van der Waals surface area contributed by atoms with E-state index >= 15 is 0 Å². The Morgan fingerprint density at radius 1 is 1.12 bits per heavy atom. The largest absolute Gasteiger partial charge is 0.494 e. The molecule has 0 atom stereocenters. The number of aryl methyl sites for hydroxylation is 2. The van der Waals surface area contributed by atoms with Crippen molar-refractivity contribution in [3.63, 3.8) is 0 Å². The number of nitrogens with zero attached hydrogens (tertiary/aromatic N) is 3. The van der Waals surface area contributed by atoms with Gasteiger partial charge in [-0.15, -0.1) is 0 Å². The van der Waals surface area contributed by atoms with E-state index in [-0.39, 0.29) is 5.82 Å². The van der Waals surface area contributed by atoms with Crippen molar-refractivity contribution in [3.05, 3.63) is 47.7 Å². The van der Waals surface area contributed by atoms with Crippen molar-refractivity contribution in [1.29, 1.82) is 0 Å². The van der Waals surface area contributed by atoms with Crippen molar-refractivity contribution in [2.24, 2.45) is 0 Å². The topological polar surface area (TPSA) is 74.2 Å². The zero-order valence-electron chi connectivity index (χ0n) is 13.2. The molecule has 1 aromatic carbocycles. The minimum Gasteiger partial charge on any atom is -0.494 e. The van der Waals surface area contributed by atoms with Crippen LogP contribution in [-0.4, -0.2) is 21.9 Å². The summed E-state index contributed by atoms with van der Waals surface area (Å²) in [5.74, 6) is -0.239. The molecule has 6 nitrogen and oxygen atoms in total. The van der Waals surface area contributed by atoms with Crippen LogP contribution in [-0.2, 0) is 12.6 Å². The fourth-order valence-electron chi connectivity index (χ4n) is 2.15. The van der Waals surface area contributed by atoms with Gasteiger partial charge in [0.15, 0.2) is 0 Å². The van der Waals surface area contributed by atoms with Gasteiger partial charge in [0.05, 0.1) is 12.3 Å². The molecular formula is C16H14F3N3O3. The third-order valence-electron chi connectivity index (χ3n) is 3.27. The van der Waals surface area contributed by atoms with Crippen LogP contribution in [0, 0.1) is 6.92 Å². The Morgan fingerprint density at radius 2 is 1.96 bits per heavy atom. The maximum atomic E-state index is 12.5. The quantitative estimate of drug-likeness (QED) is 0.622. The lowest BCUT2D eigenvalue weighted by Gasteiger charge is -2.06. The van der Waals surface area contributed by atoms with Crippen LogP contribution in [0.4, 0.5) is 13.2 Å². The highest BCUT2D eigenvalue weighted by Crippen LogP contribution is 2.30. The lowest BCUT2D eigenvalue weighted by molar-refractivity contribution is -0.159. The van der Waals surface area contributed by atoms with Crippen molar-refractivity contribution in [2.75, 3.05) is 6.61 Å². The number of hydrogen-bond acceptors (Lipinski definition) is 6. The maximum Gasteiger partial charge on any atom is 0.471 e. The van der Waals surface area contributed by atoms with Crippen LogP contribution in [0.25, 0.3) is 11.4 Å². The first-order valence-electron chi connectivity index (χ1n) is 7.48. The predicted octanol–water partition coefficient (Wildman–Crippen LogP) is 4.06. The molecule has 0 aliphatic rings. The molecule has 0 bridgehead atoms. The highest BCUT2D eigenvalue weighted by atomic mass is 19.4. The number of rotatable bonds is 6. The summed E-state index contributed by atoms with van der Waals surface area (Å²) in [7, 11) is 0. The average Bonchev–Trinajstić information content (AvgIpc) is 3.21. The van der Waals surface area contributed by atoms with Gasteiger partial charge in [-0.3, -0.25) is 0 Å². The fraction of sp³-hybridized carbons (Fsp3) is 0.312. The Labute approximate surface area is 140 Å². The fourth-order valence-corrected chi connectivity index (χ4v) is 2.15. The van der Waals surface area contributed by atoms with E-state index in [1.165, 1.54) is 0 Å². The average molecular weight is 353 g/mol. The molecule has 0 radical (unpaired) electrons. The normalized spacial score (nSPS) is 11.7. The van der Waals surface area contributed by atoms with E-state index in [9.17, 15) is 13.2 Å². The molecule has 3 rings (SSSR count). The summed E-state index contributed by atoms with van der Waals surface area (Å²) in [5, 5.41) is 7.15. The molecule has 0 aliphatic carbocycles. The Hall–Kier alpha value is -2.84. The van der Waals surface area contributed by atoms with Crippen molar-refractivity contribution in [1.82, 2.24) is 15.3 Å². The number of halogens is 3. The Balaban J connectivity index is 1.58. The third-order valence-corrected chi connectivity index (χ3v) is 3.27. The van der Waals surface area contributed by atoms with Crippen LogP contribution in [0.1, 0.15) is 23.8 Å². The van der Waals surface area contributed by atoms with E-state index in [2.05, 4.69) is 19.8 Å². The Morgan fingerprint density at radius 3 is 2.64 bits per heavy atom. The summed E-state index contributed by atoms with van der Waals surface area (Å²) in [6.07, 6.45) is -3.28. The molecule has 0 aliphatic heterocycles. The first-order valence-corrected chi connectivity index (χ1v) is 7.48. The second kappa shape index (κ2) is 6.96. The van der Waals surface area contributed by atoms with Gasteiger partial charge in [0.2, 0.25) is 5.82 Å². The monoisotopic (exact) mass is 353 g/mol. The van der Waals surface area contributed by atoms with Gasteiger partial charge in [-0.25, -0.2) is 0 Å². The van der Waals surface area contributed by atoms with Gasteiger partial charge in [-0.1, -0.05) is 22.4 Å². The molecule has 9 heteroatoms. The summed E-state index contributed by atoms with van der Waals surface area (Å²) in [4.78, 5) is 3.35. The van der Waals surface area contributed by atoms with E-state index in [1.54, 1.807) is 24.3 Å². The summed E-state index contributed by atoms with van der Waals surface area (Å²) in [6.45, 7) is 2.26. The zero-order chi connectivity index (χ0) is 17.9. The van der Waals surface area contributed by atoms with Crippen LogP contribution >= 0.6 is 0 Å². The second-order valence-electron chi connectivity index (χ2n) is 5.34. The van der Waals surface area contributed by atoms with Crippen LogP contribution in [0.3, 0.4) is 0 Å². The highest BCUT2D eigenvalue weighted by molar-refractivity contribution is 5.56. The lowest BCUT2D eigenvalue weighted by Crippen LogP contribution is -2.04. The zero-order valence-corrected chi connectivity index (χ0v) is 13.2. The molecule has 0 fully saturated rings. The van der Waals surface area contributed by atoms with Crippen LogP contribution in [0.2, 0.25) is 0 Å². The summed E-state index contributed by atoms with van der Waals surface area (Å²) >= 11 is 0. The first-order chi connectivity index (χ1) is 11.9. The molecule has 0 saturated carbocycles. The minimum absolute atomic E-state index is 0.144. The van der Waals surface area contributed by atoms with Gasteiger partial charge < -0.3 is 13.8 Å². The predicted molar refractivity (Wildman–Crippen MR) is 79.8 cm³/mol. The number of benzene rings is 1. The number of hydrogen-bond donors (Lipinski definition) is 0. The standard InChI is InChI=1S/C16H14F3N3O3/c1-10-8-13(24-21-10)6-3-7-23-12-5-2-4-11(9-12)14-20-15(25-22-14)16(17,18)19/h2,4-5,8-9H,3,6-7H2,1H3. The minimum atomic E-state index is -4.67. The highest BCUT2D eigenvalue weighted by Gasteiger charge is 2.38. The Bertz CT molecular complexity index is 842. The molecule has 3 aromatic rings. The first kappa shape index (κ1) is 17.0. The molecular weight excluding hydrogens is 339 g/mol. The lowest BCUT2D eigenvalue weighted by atomic mass is 10.2.